The Labute approximate surface area is 121 Å². The number of nitrogens with one attached hydrogen (secondary N) is 1. The standard InChI is InChI=1S/C15H27NO4/c1-15(2,3)20-10-9-12(14(18)19)16-13(17)11-7-5-4-6-8-11/h11-12H,4-10H2,1-3H3,(H,16,17)(H,18,19). The highest BCUT2D eigenvalue weighted by Gasteiger charge is 2.26. The van der Waals surface area contributed by atoms with Crippen LogP contribution in [-0.2, 0) is 14.3 Å². The molecule has 0 heterocycles. The number of carbonyl (C=O) groups excluding carboxylic acids is 1. The highest BCUT2D eigenvalue weighted by atomic mass is 16.5. The van der Waals surface area contributed by atoms with E-state index in [1.807, 2.05) is 20.8 Å². The van der Waals surface area contributed by atoms with Gasteiger partial charge in [0.25, 0.3) is 0 Å². The van der Waals surface area contributed by atoms with Crippen LogP contribution in [0.2, 0.25) is 0 Å². The molecule has 1 unspecified atom stereocenters. The summed E-state index contributed by atoms with van der Waals surface area (Å²) in [7, 11) is 0. The second-order valence-electron chi connectivity index (χ2n) is 6.48. The lowest BCUT2D eigenvalue weighted by atomic mass is 9.88. The molecular formula is C15H27NO4. The molecule has 1 aliphatic carbocycles. The lowest BCUT2D eigenvalue weighted by Gasteiger charge is -2.24. The van der Waals surface area contributed by atoms with E-state index in [1.54, 1.807) is 0 Å². The quantitative estimate of drug-likeness (QED) is 0.785. The molecule has 1 aliphatic rings. The molecule has 2 N–H and O–H groups in total. The van der Waals surface area contributed by atoms with Crippen LogP contribution in [0.3, 0.4) is 0 Å². The maximum atomic E-state index is 12.1. The van der Waals surface area contributed by atoms with Crippen molar-refractivity contribution in [1.29, 1.82) is 0 Å². The van der Waals surface area contributed by atoms with Gasteiger partial charge in [0.05, 0.1) is 5.60 Å². The number of rotatable bonds is 6. The van der Waals surface area contributed by atoms with Crippen LogP contribution in [-0.4, -0.2) is 35.2 Å². The van der Waals surface area contributed by atoms with Crippen molar-refractivity contribution in [2.45, 2.75) is 70.9 Å². The molecule has 0 saturated heterocycles. The molecule has 5 heteroatoms. The van der Waals surface area contributed by atoms with Crippen molar-refractivity contribution in [3.05, 3.63) is 0 Å². The fourth-order valence-corrected chi connectivity index (χ4v) is 2.39. The van der Waals surface area contributed by atoms with E-state index in [0.29, 0.717) is 13.0 Å². The van der Waals surface area contributed by atoms with E-state index in [1.165, 1.54) is 6.42 Å². The third-order valence-corrected chi connectivity index (χ3v) is 3.53. The maximum absolute atomic E-state index is 12.1. The van der Waals surface area contributed by atoms with Crippen LogP contribution in [0.25, 0.3) is 0 Å². The van der Waals surface area contributed by atoms with Crippen LogP contribution >= 0.6 is 0 Å². The highest BCUT2D eigenvalue weighted by Crippen LogP contribution is 2.23. The monoisotopic (exact) mass is 285 g/mol. The second kappa shape index (κ2) is 7.62. The summed E-state index contributed by atoms with van der Waals surface area (Å²) in [5, 5.41) is 11.8. The van der Waals surface area contributed by atoms with Gasteiger partial charge in [-0.15, -0.1) is 0 Å². The number of amides is 1. The van der Waals surface area contributed by atoms with E-state index < -0.39 is 12.0 Å². The molecule has 1 saturated carbocycles. The Morgan fingerprint density at radius 3 is 2.35 bits per heavy atom. The van der Waals surface area contributed by atoms with Crippen LogP contribution in [0.15, 0.2) is 0 Å². The number of carbonyl (C=O) groups is 2. The van der Waals surface area contributed by atoms with Gasteiger partial charge in [-0.1, -0.05) is 19.3 Å². The number of carboxylic acid groups (broad SMARTS) is 1. The predicted octanol–water partition coefficient (Wildman–Crippen LogP) is 2.34. The second-order valence-corrected chi connectivity index (χ2v) is 6.48. The van der Waals surface area contributed by atoms with Gasteiger partial charge in [0.15, 0.2) is 0 Å². The summed E-state index contributed by atoms with van der Waals surface area (Å²) in [5.41, 5.74) is -0.295. The Hall–Kier alpha value is -1.10. The van der Waals surface area contributed by atoms with E-state index in [0.717, 1.165) is 25.7 Å². The third-order valence-electron chi connectivity index (χ3n) is 3.53. The van der Waals surface area contributed by atoms with Crippen molar-refractivity contribution in [2.75, 3.05) is 6.61 Å². The number of hydrogen-bond acceptors (Lipinski definition) is 3. The van der Waals surface area contributed by atoms with Gasteiger partial charge in [-0.05, 0) is 33.6 Å². The van der Waals surface area contributed by atoms with Gasteiger partial charge >= 0.3 is 5.97 Å². The van der Waals surface area contributed by atoms with E-state index in [-0.39, 0.29) is 17.4 Å². The smallest absolute Gasteiger partial charge is 0.326 e. The molecule has 0 spiro atoms. The van der Waals surface area contributed by atoms with E-state index in [2.05, 4.69) is 5.32 Å². The van der Waals surface area contributed by atoms with E-state index in [4.69, 9.17) is 4.74 Å². The first-order valence-electron chi connectivity index (χ1n) is 7.47. The number of aliphatic carboxylic acids is 1. The Kier molecular flexibility index (Phi) is 6.46. The van der Waals surface area contributed by atoms with Gasteiger partial charge in [0.1, 0.15) is 6.04 Å². The molecule has 1 atom stereocenters. The highest BCUT2D eigenvalue weighted by molar-refractivity contribution is 5.84. The average Bonchev–Trinajstić information content (AvgIpc) is 2.37. The van der Waals surface area contributed by atoms with Crippen LogP contribution in [0.4, 0.5) is 0 Å². The van der Waals surface area contributed by atoms with Crippen molar-refractivity contribution in [3.8, 4) is 0 Å². The van der Waals surface area contributed by atoms with Gasteiger partial charge in [-0.25, -0.2) is 4.79 Å². The molecular weight excluding hydrogens is 258 g/mol. The zero-order chi connectivity index (χ0) is 15.2. The molecule has 116 valence electrons. The Bertz CT molecular complexity index is 329. The van der Waals surface area contributed by atoms with Crippen molar-refractivity contribution in [1.82, 2.24) is 5.32 Å². The molecule has 0 aliphatic heterocycles. The molecule has 5 nitrogen and oxygen atoms in total. The summed E-state index contributed by atoms with van der Waals surface area (Å²) >= 11 is 0. The minimum Gasteiger partial charge on any atom is -0.480 e. The SMILES string of the molecule is CC(C)(C)OCCC(NC(=O)C1CCCCC1)C(=O)O. The van der Waals surface area contributed by atoms with Gasteiger partial charge in [0, 0.05) is 18.9 Å². The molecule has 0 aromatic carbocycles. The van der Waals surface area contributed by atoms with Gasteiger partial charge < -0.3 is 15.2 Å². The lowest BCUT2D eigenvalue weighted by Crippen LogP contribution is -2.45. The summed E-state index contributed by atoms with van der Waals surface area (Å²) < 4.78 is 5.52. The zero-order valence-electron chi connectivity index (χ0n) is 12.8. The Morgan fingerprint density at radius 1 is 1.25 bits per heavy atom. The van der Waals surface area contributed by atoms with Crippen molar-refractivity contribution < 1.29 is 19.4 Å². The normalized spacial score (nSPS) is 18.6. The van der Waals surface area contributed by atoms with Crippen LogP contribution in [0.1, 0.15) is 59.3 Å². The summed E-state index contributed by atoms with van der Waals surface area (Å²) in [6, 6.07) is -0.855. The Balaban J connectivity index is 2.41. The van der Waals surface area contributed by atoms with Gasteiger partial charge in [0.2, 0.25) is 5.91 Å². The van der Waals surface area contributed by atoms with Crippen molar-refractivity contribution in [2.24, 2.45) is 5.92 Å². The molecule has 0 radical (unpaired) electrons. The lowest BCUT2D eigenvalue weighted by molar-refractivity contribution is -0.143. The first kappa shape index (κ1) is 17.0. The topological polar surface area (TPSA) is 75.6 Å². The molecule has 1 rings (SSSR count). The molecule has 20 heavy (non-hydrogen) atoms. The van der Waals surface area contributed by atoms with E-state index >= 15 is 0 Å². The van der Waals surface area contributed by atoms with Crippen molar-refractivity contribution in [3.63, 3.8) is 0 Å². The summed E-state index contributed by atoms with van der Waals surface area (Å²) in [6.45, 7) is 6.08. The number of ether oxygens (including phenoxy) is 1. The zero-order valence-corrected chi connectivity index (χ0v) is 12.8. The van der Waals surface area contributed by atoms with Crippen LogP contribution < -0.4 is 5.32 Å². The van der Waals surface area contributed by atoms with E-state index in [9.17, 15) is 14.7 Å². The van der Waals surface area contributed by atoms with Gasteiger partial charge in [-0.2, -0.15) is 0 Å². The first-order chi connectivity index (χ1) is 9.29. The van der Waals surface area contributed by atoms with Crippen LogP contribution in [0, 0.1) is 5.92 Å². The average molecular weight is 285 g/mol. The fourth-order valence-electron chi connectivity index (χ4n) is 2.39. The number of carboxylic acids is 1. The summed E-state index contributed by atoms with van der Waals surface area (Å²) in [5.74, 6) is -1.13. The largest absolute Gasteiger partial charge is 0.480 e. The maximum Gasteiger partial charge on any atom is 0.326 e. The minimum absolute atomic E-state index is 0.0193. The summed E-state index contributed by atoms with van der Waals surface area (Å²) in [6.07, 6.45) is 5.33. The number of hydrogen-bond donors (Lipinski definition) is 2. The van der Waals surface area contributed by atoms with Crippen LogP contribution in [0.5, 0.6) is 0 Å². The molecule has 0 aromatic rings. The van der Waals surface area contributed by atoms with Gasteiger partial charge in [-0.3, -0.25) is 4.79 Å². The molecule has 0 bridgehead atoms. The molecule has 1 fully saturated rings. The third kappa shape index (κ3) is 6.37. The first-order valence-corrected chi connectivity index (χ1v) is 7.47. The van der Waals surface area contributed by atoms with Crippen molar-refractivity contribution >= 4 is 11.9 Å². The molecule has 0 aromatic heterocycles. The Morgan fingerprint density at radius 2 is 1.85 bits per heavy atom. The predicted molar refractivity (Wildman–Crippen MR) is 76.5 cm³/mol. The summed E-state index contributed by atoms with van der Waals surface area (Å²) in [4.78, 5) is 23.3. The fraction of sp³-hybridized carbons (Fsp3) is 0.867. The minimum atomic E-state index is -0.994. The molecule has 1 amide bonds.